The first-order chi connectivity index (χ1) is 15.0. The summed E-state index contributed by atoms with van der Waals surface area (Å²) < 4.78 is 20.5. The van der Waals surface area contributed by atoms with E-state index in [1.165, 1.54) is 16.8 Å². The number of carbonyl (C=O) groups is 1. The fourth-order valence-electron chi connectivity index (χ4n) is 3.64. The first-order valence-corrected chi connectivity index (χ1v) is 10.6. The molecule has 3 aromatic rings. The van der Waals surface area contributed by atoms with Crippen LogP contribution in [0.5, 0.6) is 5.75 Å². The van der Waals surface area contributed by atoms with Gasteiger partial charge in [0, 0.05) is 32.7 Å². The van der Waals surface area contributed by atoms with Crippen molar-refractivity contribution in [3.05, 3.63) is 76.8 Å². The molecule has 1 fully saturated rings. The van der Waals surface area contributed by atoms with E-state index in [-0.39, 0.29) is 16.9 Å². The Kier molecular flexibility index (Phi) is 6.53. The van der Waals surface area contributed by atoms with Gasteiger partial charge in [-0.3, -0.25) is 9.69 Å². The molecular weight excluding hydrogens is 419 g/mol. The average molecular weight is 443 g/mol. The number of benzene rings is 2. The van der Waals surface area contributed by atoms with Crippen molar-refractivity contribution in [3.63, 3.8) is 0 Å². The van der Waals surface area contributed by atoms with Crippen molar-refractivity contribution in [2.45, 2.75) is 6.92 Å². The van der Waals surface area contributed by atoms with Gasteiger partial charge in [-0.1, -0.05) is 29.8 Å². The molecule has 1 aromatic heterocycles. The minimum atomic E-state index is -0.341. The lowest BCUT2D eigenvalue weighted by Crippen LogP contribution is -2.49. The molecule has 2 heterocycles. The number of hydrogen-bond donors (Lipinski definition) is 0. The van der Waals surface area contributed by atoms with Crippen molar-refractivity contribution in [2.75, 3.05) is 39.3 Å². The van der Waals surface area contributed by atoms with E-state index in [9.17, 15) is 9.18 Å². The van der Waals surface area contributed by atoms with Crippen LogP contribution in [0, 0.1) is 12.7 Å². The maximum atomic E-state index is 13.2. The van der Waals surface area contributed by atoms with E-state index in [2.05, 4.69) is 10.00 Å². The summed E-state index contributed by atoms with van der Waals surface area (Å²) in [5.74, 6) is 0.391. The van der Waals surface area contributed by atoms with Gasteiger partial charge in [-0.15, -0.1) is 0 Å². The van der Waals surface area contributed by atoms with Gasteiger partial charge < -0.3 is 9.64 Å². The Balaban J connectivity index is 1.35. The van der Waals surface area contributed by atoms with E-state index in [4.69, 9.17) is 16.3 Å². The number of rotatable bonds is 6. The average Bonchev–Trinajstić information content (AvgIpc) is 3.09. The van der Waals surface area contributed by atoms with E-state index >= 15 is 0 Å². The van der Waals surface area contributed by atoms with Crippen LogP contribution in [-0.2, 0) is 0 Å². The SMILES string of the molecule is Cc1nn(-c2ccc(F)cc2)c(Cl)c1C(=O)N1CCN(CCOc2ccccc2)CC1. The summed E-state index contributed by atoms with van der Waals surface area (Å²) in [4.78, 5) is 17.2. The van der Waals surface area contributed by atoms with Gasteiger partial charge in [0.1, 0.15) is 23.3 Å². The molecule has 2 aromatic carbocycles. The Morgan fingerprint density at radius 1 is 1.06 bits per heavy atom. The van der Waals surface area contributed by atoms with Gasteiger partial charge in [0.05, 0.1) is 16.9 Å². The monoisotopic (exact) mass is 442 g/mol. The van der Waals surface area contributed by atoms with Crippen LogP contribution < -0.4 is 4.74 Å². The normalized spacial score (nSPS) is 14.6. The number of amides is 1. The second-order valence-electron chi connectivity index (χ2n) is 7.43. The number of para-hydroxylation sites is 1. The highest BCUT2D eigenvalue weighted by molar-refractivity contribution is 6.33. The molecule has 0 N–H and O–H groups in total. The lowest BCUT2D eigenvalue weighted by Gasteiger charge is -2.34. The number of hydrogen-bond acceptors (Lipinski definition) is 4. The Labute approximate surface area is 185 Å². The van der Waals surface area contributed by atoms with Crippen molar-refractivity contribution in [1.82, 2.24) is 19.6 Å². The summed E-state index contributed by atoms with van der Waals surface area (Å²) in [7, 11) is 0. The van der Waals surface area contributed by atoms with Gasteiger partial charge in [0.15, 0.2) is 0 Å². The fourth-order valence-corrected chi connectivity index (χ4v) is 3.99. The summed E-state index contributed by atoms with van der Waals surface area (Å²) in [6.45, 7) is 5.94. The molecule has 1 saturated heterocycles. The third-order valence-electron chi connectivity index (χ3n) is 5.37. The van der Waals surface area contributed by atoms with Crippen molar-refractivity contribution in [2.24, 2.45) is 0 Å². The molecule has 1 aliphatic heterocycles. The Morgan fingerprint density at radius 2 is 1.74 bits per heavy atom. The van der Waals surface area contributed by atoms with Gasteiger partial charge >= 0.3 is 0 Å². The summed E-state index contributed by atoms with van der Waals surface area (Å²) in [6.07, 6.45) is 0. The van der Waals surface area contributed by atoms with E-state index in [0.717, 1.165) is 25.4 Å². The first kappa shape index (κ1) is 21.3. The topological polar surface area (TPSA) is 50.6 Å². The molecule has 1 aliphatic rings. The minimum absolute atomic E-state index is 0.129. The lowest BCUT2D eigenvalue weighted by atomic mass is 10.2. The van der Waals surface area contributed by atoms with Crippen LogP contribution in [0.1, 0.15) is 16.1 Å². The Bertz CT molecular complexity index is 1030. The van der Waals surface area contributed by atoms with Crippen LogP contribution in [0.15, 0.2) is 54.6 Å². The molecular formula is C23H24ClFN4O2. The standard InChI is InChI=1S/C23H24ClFN4O2/c1-17-21(22(24)29(26-17)19-9-7-18(25)8-10-19)23(30)28-13-11-27(12-14-28)15-16-31-20-5-3-2-4-6-20/h2-10H,11-16H2,1H3. The zero-order chi connectivity index (χ0) is 21.8. The van der Waals surface area contributed by atoms with Crippen molar-refractivity contribution >= 4 is 17.5 Å². The number of carbonyl (C=O) groups excluding carboxylic acids is 1. The zero-order valence-electron chi connectivity index (χ0n) is 17.3. The van der Waals surface area contributed by atoms with Crippen LogP contribution in [0.4, 0.5) is 4.39 Å². The summed E-state index contributed by atoms with van der Waals surface area (Å²) >= 11 is 6.51. The molecule has 1 amide bonds. The van der Waals surface area contributed by atoms with Crippen molar-refractivity contribution < 1.29 is 13.9 Å². The van der Waals surface area contributed by atoms with E-state index < -0.39 is 0 Å². The molecule has 0 bridgehead atoms. The van der Waals surface area contributed by atoms with Gasteiger partial charge in [0.2, 0.25) is 0 Å². The maximum absolute atomic E-state index is 13.2. The molecule has 0 unspecified atom stereocenters. The number of ether oxygens (including phenoxy) is 1. The number of aromatic nitrogens is 2. The van der Waals surface area contributed by atoms with E-state index in [1.807, 2.05) is 30.3 Å². The quantitative estimate of drug-likeness (QED) is 0.582. The number of piperazine rings is 1. The molecule has 162 valence electrons. The molecule has 8 heteroatoms. The molecule has 0 atom stereocenters. The predicted molar refractivity (Wildman–Crippen MR) is 118 cm³/mol. The number of halogens is 2. The van der Waals surface area contributed by atoms with Gasteiger partial charge in [-0.05, 0) is 43.3 Å². The van der Waals surface area contributed by atoms with E-state index in [1.54, 1.807) is 24.0 Å². The molecule has 0 spiro atoms. The molecule has 0 radical (unpaired) electrons. The molecule has 0 saturated carbocycles. The minimum Gasteiger partial charge on any atom is -0.492 e. The third-order valence-corrected chi connectivity index (χ3v) is 5.72. The Hall–Kier alpha value is -2.90. The summed E-state index contributed by atoms with van der Waals surface area (Å²) in [5.41, 5.74) is 1.56. The van der Waals surface area contributed by atoms with Crippen LogP contribution in [0.2, 0.25) is 5.15 Å². The van der Waals surface area contributed by atoms with Gasteiger partial charge in [-0.2, -0.15) is 5.10 Å². The highest BCUT2D eigenvalue weighted by Gasteiger charge is 2.28. The first-order valence-electron chi connectivity index (χ1n) is 10.2. The molecule has 31 heavy (non-hydrogen) atoms. The van der Waals surface area contributed by atoms with Gasteiger partial charge in [-0.25, -0.2) is 9.07 Å². The smallest absolute Gasteiger partial charge is 0.258 e. The predicted octanol–water partition coefficient (Wildman–Crippen LogP) is 3.81. The van der Waals surface area contributed by atoms with Crippen molar-refractivity contribution in [3.8, 4) is 11.4 Å². The van der Waals surface area contributed by atoms with Gasteiger partial charge in [0.25, 0.3) is 5.91 Å². The van der Waals surface area contributed by atoms with Crippen molar-refractivity contribution in [1.29, 1.82) is 0 Å². The second kappa shape index (κ2) is 9.49. The largest absolute Gasteiger partial charge is 0.492 e. The third kappa shape index (κ3) is 4.89. The number of aryl methyl sites for hydroxylation is 1. The van der Waals surface area contributed by atoms with Crippen LogP contribution in [0.3, 0.4) is 0 Å². The highest BCUT2D eigenvalue weighted by atomic mass is 35.5. The zero-order valence-corrected chi connectivity index (χ0v) is 18.1. The second-order valence-corrected chi connectivity index (χ2v) is 7.79. The lowest BCUT2D eigenvalue weighted by molar-refractivity contribution is 0.0620. The highest BCUT2D eigenvalue weighted by Crippen LogP contribution is 2.25. The van der Waals surface area contributed by atoms with Crippen LogP contribution in [-0.4, -0.2) is 64.8 Å². The van der Waals surface area contributed by atoms with E-state index in [0.29, 0.717) is 36.6 Å². The summed E-state index contributed by atoms with van der Waals surface area (Å²) in [6, 6.07) is 15.6. The molecule has 4 rings (SSSR count). The molecule has 6 nitrogen and oxygen atoms in total. The Morgan fingerprint density at radius 3 is 2.42 bits per heavy atom. The maximum Gasteiger partial charge on any atom is 0.258 e. The fraction of sp³-hybridized carbons (Fsp3) is 0.304. The van der Waals surface area contributed by atoms with Crippen LogP contribution in [0.25, 0.3) is 5.69 Å². The summed E-state index contributed by atoms with van der Waals surface area (Å²) in [5, 5.41) is 4.64. The number of nitrogens with zero attached hydrogens (tertiary/aromatic N) is 4. The van der Waals surface area contributed by atoms with Crippen LogP contribution >= 0.6 is 11.6 Å². The molecule has 0 aliphatic carbocycles.